The van der Waals surface area contributed by atoms with Gasteiger partial charge in [0.25, 0.3) is 11.8 Å². The van der Waals surface area contributed by atoms with Crippen LogP contribution >= 0.6 is 11.3 Å². The summed E-state index contributed by atoms with van der Waals surface area (Å²) in [5, 5.41) is 12.5. The third-order valence-electron chi connectivity index (χ3n) is 3.53. The minimum atomic E-state index is -0.349. The summed E-state index contributed by atoms with van der Waals surface area (Å²) in [5.74, 6) is -0.240. The number of aliphatic hydroxyl groups is 1. The number of hydrogen-bond acceptors (Lipinski definition) is 5. The maximum atomic E-state index is 12.7. The molecule has 0 bridgehead atoms. The number of aryl methyl sites for hydroxylation is 1. The maximum Gasteiger partial charge on any atom is 0.291 e. The van der Waals surface area contributed by atoms with E-state index in [1.165, 1.54) is 17.6 Å². The van der Waals surface area contributed by atoms with Crippen LogP contribution in [-0.2, 0) is 0 Å². The number of unbranched alkanes of at least 4 members (excludes halogenated alkanes) is 1. The average Bonchev–Trinajstić information content (AvgIpc) is 3.20. The Hall–Kier alpha value is -2.12. The zero-order chi connectivity index (χ0) is 17.5. The molecule has 6 nitrogen and oxygen atoms in total. The van der Waals surface area contributed by atoms with Crippen molar-refractivity contribution in [3.05, 3.63) is 40.7 Å². The first-order valence-corrected chi connectivity index (χ1v) is 8.73. The number of furan rings is 1. The SMILES string of the molecule is CCCCN(CCO)C(=O)c1sc(NC(=O)c2ccco2)cc1C. The van der Waals surface area contributed by atoms with Crippen molar-refractivity contribution in [2.24, 2.45) is 0 Å². The van der Waals surface area contributed by atoms with Crippen LogP contribution in [0.1, 0.15) is 45.6 Å². The van der Waals surface area contributed by atoms with Gasteiger partial charge in [-0.3, -0.25) is 9.59 Å². The molecule has 0 fully saturated rings. The highest BCUT2D eigenvalue weighted by atomic mass is 32.1. The van der Waals surface area contributed by atoms with E-state index in [1.807, 2.05) is 6.92 Å². The number of carbonyl (C=O) groups is 2. The molecular formula is C17H22N2O4S. The van der Waals surface area contributed by atoms with E-state index in [9.17, 15) is 14.7 Å². The van der Waals surface area contributed by atoms with Crippen molar-refractivity contribution in [1.82, 2.24) is 4.90 Å². The molecule has 2 aromatic heterocycles. The van der Waals surface area contributed by atoms with Gasteiger partial charge in [0.15, 0.2) is 5.76 Å². The number of amides is 2. The van der Waals surface area contributed by atoms with Crippen molar-refractivity contribution >= 4 is 28.2 Å². The second kappa shape index (κ2) is 8.65. The molecule has 0 aromatic carbocycles. The predicted molar refractivity (Wildman–Crippen MR) is 93.6 cm³/mol. The number of anilines is 1. The van der Waals surface area contributed by atoms with Gasteiger partial charge in [0.1, 0.15) is 0 Å². The van der Waals surface area contributed by atoms with Gasteiger partial charge in [0, 0.05) is 13.1 Å². The molecule has 130 valence electrons. The Morgan fingerprint density at radius 3 is 2.79 bits per heavy atom. The van der Waals surface area contributed by atoms with Crippen LogP contribution in [0.15, 0.2) is 28.9 Å². The number of hydrogen-bond donors (Lipinski definition) is 2. The van der Waals surface area contributed by atoms with Crippen molar-refractivity contribution in [3.8, 4) is 0 Å². The Labute approximate surface area is 145 Å². The summed E-state index contributed by atoms with van der Waals surface area (Å²) in [6.45, 7) is 4.75. The van der Waals surface area contributed by atoms with Crippen LogP contribution in [0.5, 0.6) is 0 Å². The molecule has 0 saturated carbocycles. The van der Waals surface area contributed by atoms with Crippen molar-refractivity contribution < 1.29 is 19.1 Å². The fraction of sp³-hybridized carbons (Fsp3) is 0.412. The smallest absolute Gasteiger partial charge is 0.291 e. The lowest BCUT2D eigenvalue weighted by atomic mass is 10.2. The number of rotatable bonds is 8. The van der Waals surface area contributed by atoms with Gasteiger partial charge in [-0.25, -0.2) is 0 Å². The summed E-state index contributed by atoms with van der Waals surface area (Å²) in [4.78, 5) is 26.9. The highest BCUT2D eigenvalue weighted by Gasteiger charge is 2.21. The van der Waals surface area contributed by atoms with Gasteiger partial charge in [0.05, 0.1) is 22.7 Å². The minimum absolute atomic E-state index is 0.0675. The lowest BCUT2D eigenvalue weighted by Crippen LogP contribution is -2.34. The average molecular weight is 350 g/mol. The van der Waals surface area contributed by atoms with Gasteiger partial charge in [-0.15, -0.1) is 11.3 Å². The molecule has 2 N–H and O–H groups in total. The molecule has 2 amide bonds. The summed E-state index contributed by atoms with van der Waals surface area (Å²) in [6.07, 6.45) is 3.30. The Bertz CT molecular complexity index is 679. The Balaban J connectivity index is 2.11. The zero-order valence-electron chi connectivity index (χ0n) is 13.9. The fourth-order valence-electron chi connectivity index (χ4n) is 2.27. The van der Waals surface area contributed by atoms with Gasteiger partial charge in [-0.05, 0) is 37.1 Å². The fourth-order valence-corrected chi connectivity index (χ4v) is 3.30. The molecule has 0 aliphatic rings. The quantitative estimate of drug-likeness (QED) is 0.766. The first-order chi connectivity index (χ1) is 11.6. The van der Waals surface area contributed by atoms with Gasteiger partial charge >= 0.3 is 0 Å². The maximum absolute atomic E-state index is 12.7. The summed E-state index contributed by atoms with van der Waals surface area (Å²) < 4.78 is 5.06. The Kier molecular flexibility index (Phi) is 6.57. The third kappa shape index (κ3) is 4.46. The van der Waals surface area contributed by atoms with E-state index in [1.54, 1.807) is 23.1 Å². The van der Waals surface area contributed by atoms with E-state index >= 15 is 0 Å². The second-order valence-corrected chi connectivity index (χ2v) is 6.48. The lowest BCUT2D eigenvalue weighted by molar-refractivity contribution is 0.0723. The van der Waals surface area contributed by atoms with Crippen LogP contribution in [0.4, 0.5) is 5.00 Å². The van der Waals surface area contributed by atoms with E-state index in [0.717, 1.165) is 18.4 Å². The molecule has 0 saturated heterocycles. The number of nitrogens with one attached hydrogen (secondary N) is 1. The normalized spacial score (nSPS) is 10.6. The number of thiophene rings is 1. The van der Waals surface area contributed by atoms with Crippen LogP contribution in [0.25, 0.3) is 0 Å². The van der Waals surface area contributed by atoms with Crippen LogP contribution < -0.4 is 5.32 Å². The molecule has 0 radical (unpaired) electrons. The summed E-state index contributed by atoms with van der Waals surface area (Å²) in [6, 6.07) is 5.00. The van der Waals surface area contributed by atoms with Crippen molar-refractivity contribution in [1.29, 1.82) is 0 Å². The molecule has 24 heavy (non-hydrogen) atoms. The number of carbonyl (C=O) groups excluding carboxylic acids is 2. The van der Waals surface area contributed by atoms with Crippen LogP contribution in [0, 0.1) is 6.92 Å². The second-order valence-electron chi connectivity index (χ2n) is 5.42. The van der Waals surface area contributed by atoms with Crippen molar-refractivity contribution in [2.75, 3.05) is 25.0 Å². The molecule has 0 aliphatic heterocycles. The molecule has 7 heteroatoms. The first-order valence-electron chi connectivity index (χ1n) is 7.92. The molecule has 0 atom stereocenters. The number of aliphatic hydroxyl groups excluding tert-OH is 1. The van der Waals surface area contributed by atoms with Gasteiger partial charge in [-0.1, -0.05) is 13.3 Å². The van der Waals surface area contributed by atoms with Crippen LogP contribution in [-0.4, -0.2) is 41.5 Å². The van der Waals surface area contributed by atoms with Gasteiger partial charge in [0.2, 0.25) is 0 Å². The molecule has 2 rings (SSSR count). The molecular weight excluding hydrogens is 328 g/mol. The van der Waals surface area contributed by atoms with Gasteiger partial charge in [-0.2, -0.15) is 0 Å². The van der Waals surface area contributed by atoms with E-state index in [0.29, 0.717) is 23.0 Å². The highest BCUT2D eigenvalue weighted by molar-refractivity contribution is 7.18. The van der Waals surface area contributed by atoms with Crippen LogP contribution in [0.3, 0.4) is 0 Å². The van der Waals surface area contributed by atoms with Gasteiger partial charge < -0.3 is 19.7 Å². The largest absolute Gasteiger partial charge is 0.459 e. The summed E-state index contributed by atoms with van der Waals surface area (Å²) in [5.41, 5.74) is 0.805. The highest BCUT2D eigenvalue weighted by Crippen LogP contribution is 2.28. The van der Waals surface area contributed by atoms with Crippen LogP contribution in [0.2, 0.25) is 0 Å². The van der Waals surface area contributed by atoms with Crippen molar-refractivity contribution in [3.63, 3.8) is 0 Å². The van der Waals surface area contributed by atoms with E-state index in [2.05, 4.69) is 12.2 Å². The third-order valence-corrected chi connectivity index (χ3v) is 4.67. The van der Waals surface area contributed by atoms with E-state index in [-0.39, 0.29) is 24.2 Å². The molecule has 2 heterocycles. The topological polar surface area (TPSA) is 82.8 Å². The lowest BCUT2D eigenvalue weighted by Gasteiger charge is -2.21. The molecule has 2 aromatic rings. The molecule has 0 spiro atoms. The molecule has 0 unspecified atom stereocenters. The minimum Gasteiger partial charge on any atom is -0.459 e. The standard InChI is InChI=1S/C17H22N2O4S/c1-3-4-7-19(8-9-20)17(22)15-12(2)11-14(24-15)18-16(21)13-6-5-10-23-13/h5-6,10-11,20H,3-4,7-9H2,1-2H3,(H,18,21). The summed E-state index contributed by atoms with van der Waals surface area (Å²) >= 11 is 1.23. The summed E-state index contributed by atoms with van der Waals surface area (Å²) in [7, 11) is 0. The first kappa shape index (κ1) is 18.2. The predicted octanol–water partition coefficient (Wildman–Crippen LogP) is 3.14. The van der Waals surface area contributed by atoms with E-state index < -0.39 is 0 Å². The van der Waals surface area contributed by atoms with Crippen molar-refractivity contribution in [2.45, 2.75) is 26.7 Å². The Morgan fingerprint density at radius 2 is 2.17 bits per heavy atom. The molecule has 0 aliphatic carbocycles. The number of nitrogens with zero attached hydrogens (tertiary/aromatic N) is 1. The Morgan fingerprint density at radius 1 is 1.38 bits per heavy atom. The van der Waals surface area contributed by atoms with E-state index in [4.69, 9.17) is 4.42 Å². The monoisotopic (exact) mass is 350 g/mol. The zero-order valence-corrected chi connectivity index (χ0v) is 14.7.